The van der Waals surface area contributed by atoms with Crippen LogP contribution in [0.3, 0.4) is 0 Å². The van der Waals surface area contributed by atoms with Crippen molar-refractivity contribution in [1.29, 1.82) is 0 Å². The van der Waals surface area contributed by atoms with E-state index in [-0.39, 0.29) is 0 Å². The van der Waals surface area contributed by atoms with Gasteiger partial charge in [0.25, 0.3) is 0 Å². The largest absolute Gasteiger partial charge is 0.349 e. The highest BCUT2D eigenvalue weighted by molar-refractivity contribution is 9.10. The lowest BCUT2D eigenvalue weighted by Gasteiger charge is -2.06. The van der Waals surface area contributed by atoms with Crippen molar-refractivity contribution < 1.29 is 0 Å². The maximum absolute atomic E-state index is 3.57. The van der Waals surface area contributed by atoms with Gasteiger partial charge in [-0.15, -0.1) is 11.3 Å². The molecule has 0 saturated heterocycles. The molecule has 2 aromatic heterocycles. The molecule has 0 amide bonds. The average molecular weight is 313 g/mol. The number of hydrogen-bond acceptors (Lipinski definition) is 2. The molecule has 17 heavy (non-hydrogen) atoms. The van der Waals surface area contributed by atoms with Gasteiger partial charge in [0.05, 0.1) is 6.54 Å². The van der Waals surface area contributed by atoms with E-state index in [0.29, 0.717) is 6.04 Å². The number of thiophene rings is 1. The van der Waals surface area contributed by atoms with E-state index in [1.165, 1.54) is 14.9 Å². The minimum atomic E-state index is 0.532. The van der Waals surface area contributed by atoms with Crippen LogP contribution in [0, 0.1) is 0 Å². The topological polar surface area (TPSA) is 17.0 Å². The summed E-state index contributed by atoms with van der Waals surface area (Å²) < 4.78 is 3.44. The molecule has 4 heteroatoms. The van der Waals surface area contributed by atoms with E-state index in [0.717, 1.165) is 13.1 Å². The second-order valence-electron chi connectivity index (χ2n) is 4.42. The van der Waals surface area contributed by atoms with Crippen molar-refractivity contribution >= 4 is 27.3 Å². The molecule has 0 saturated carbocycles. The van der Waals surface area contributed by atoms with Crippen LogP contribution in [0.25, 0.3) is 0 Å². The highest BCUT2D eigenvalue weighted by Gasteiger charge is 2.03. The summed E-state index contributed by atoms with van der Waals surface area (Å²) in [5.74, 6) is 0. The maximum atomic E-state index is 3.57. The first-order valence-electron chi connectivity index (χ1n) is 5.75. The molecule has 2 aromatic rings. The smallest absolute Gasteiger partial charge is 0.0574 e. The molecule has 0 fully saturated rings. The van der Waals surface area contributed by atoms with E-state index in [4.69, 9.17) is 0 Å². The molecule has 0 bridgehead atoms. The van der Waals surface area contributed by atoms with E-state index < -0.39 is 0 Å². The van der Waals surface area contributed by atoms with Gasteiger partial charge in [0.1, 0.15) is 0 Å². The maximum Gasteiger partial charge on any atom is 0.0574 e. The molecule has 2 rings (SSSR count). The van der Waals surface area contributed by atoms with Gasteiger partial charge >= 0.3 is 0 Å². The van der Waals surface area contributed by atoms with E-state index in [9.17, 15) is 0 Å². The van der Waals surface area contributed by atoms with Gasteiger partial charge in [-0.3, -0.25) is 0 Å². The molecule has 0 unspecified atom stereocenters. The number of hydrogen-bond donors (Lipinski definition) is 1. The number of nitrogens with one attached hydrogen (secondary N) is 1. The number of rotatable bonds is 5. The summed E-state index contributed by atoms with van der Waals surface area (Å²) in [6, 6.07) is 4.81. The Labute approximate surface area is 115 Å². The van der Waals surface area contributed by atoms with E-state index in [2.05, 4.69) is 69.6 Å². The summed E-state index contributed by atoms with van der Waals surface area (Å²) in [5, 5.41) is 5.54. The second-order valence-corrected chi connectivity index (χ2v) is 6.27. The first-order valence-corrected chi connectivity index (χ1v) is 7.42. The summed E-state index contributed by atoms with van der Waals surface area (Å²) in [7, 11) is 0. The monoisotopic (exact) mass is 312 g/mol. The van der Waals surface area contributed by atoms with Crippen molar-refractivity contribution in [3.8, 4) is 0 Å². The molecule has 0 aromatic carbocycles. The Morgan fingerprint density at radius 1 is 1.41 bits per heavy atom. The number of halogens is 1. The van der Waals surface area contributed by atoms with E-state index in [1.807, 2.05) is 0 Å². The zero-order chi connectivity index (χ0) is 12.3. The molecule has 0 aliphatic carbocycles. The second kappa shape index (κ2) is 5.85. The lowest BCUT2D eigenvalue weighted by atomic mass is 10.3. The minimum Gasteiger partial charge on any atom is -0.349 e. The molecular formula is C13H17BrN2S. The Balaban J connectivity index is 1.97. The standard InChI is InChI=1S/C13H17BrN2S/c1-10(2)15-7-11-3-5-16(8-11)9-13-12(14)4-6-17-13/h3-6,8,10,15H,7,9H2,1-2H3. The van der Waals surface area contributed by atoms with Gasteiger partial charge in [-0.1, -0.05) is 13.8 Å². The van der Waals surface area contributed by atoms with Gasteiger partial charge in [-0.05, 0) is 39.0 Å². The van der Waals surface area contributed by atoms with Crippen LogP contribution in [0.1, 0.15) is 24.3 Å². The molecule has 0 aliphatic rings. The lowest BCUT2D eigenvalue weighted by Crippen LogP contribution is -2.21. The van der Waals surface area contributed by atoms with Gasteiger partial charge < -0.3 is 9.88 Å². The predicted molar refractivity (Wildman–Crippen MR) is 77.5 cm³/mol. The SMILES string of the molecule is CC(C)NCc1ccn(Cc2sccc2Br)c1. The first kappa shape index (κ1) is 12.9. The minimum absolute atomic E-state index is 0.532. The van der Waals surface area contributed by atoms with Crippen molar-refractivity contribution in [2.45, 2.75) is 33.0 Å². The van der Waals surface area contributed by atoms with Gasteiger partial charge in [-0.25, -0.2) is 0 Å². The van der Waals surface area contributed by atoms with Gasteiger partial charge in [0.15, 0.2) is 0 Å². The van der Waals surface area contributed by atoms with Crippen LogP contribution >= 0.6 is 27.3 Å². The van der Waals surface area contributed by atoms with Gasteiger partial charge in [-0.2, -0.15) is 0 Å². The summed E-state index contributed by atoms with van der Waals surface area (Å²) in [6.07, 6.45) is 4.35. The zero-order valence-corrected chi connectivity index (χ0v) is 12.5. The zero-order valence-electron chi connectivity index (χ0n) is 10.1. The van der Waals surface area contributed by atoms with Crippen molar-refractivity contribution in [2.24, 2.45) is 0 Å². The van der Waals surface area contributed by atoms with Crippen LogP contribution in [0.2, 0.25) is 0 Å². The first-order chi connectivity index (χ1) is 8.15. The Hall–Kier alpha value is -0.580. The summed E-state index contributed by atoms with van der Waals surface area (Å²) in [5.41, 5.74) is 1.34. The van der Waals surface area contributed by atoms with Crippen LogP contribution < -0.4 is 5.32 Å². The van der Waals surface area contributed by atoms with Crippen molar-refractivity contribution in [3.05, 3.63) is 44.8 Å². The molecular weight excluding hydrogens is 296 g/mol. The predicted octanol–water partition coefficient (Wildman–Crippen LogP) is 3.86. The highest BCUT2D eigenvalue weighted by Crippen LogP contribution is 2.23. The molecule has 0 radical (unpaired) electrons. The quantitative estimate of drug-likeness (QED) is 0.887. The Morgan fingerprint density at radius 3 is 2.88 bits per heavy atom. The van der Waals surface area contributed by atoms with Crippen molar-refractivity contribution in [2.75, 3.05) is 0 Å². The molecule has 1 N–H and O–H groups in total. The summed E-state index contributed by atoms with van der Waals surface area (Å²) >= 11 is 5.35. The van der Waals surface area contributed by atoms with E-state index >= 15 is 0 Å². The normalized spacial score (nSPS) is 11.3. The van der Waals surface area contributed by atoms with Crippen LogP contribution in [0.4, 0.5) is 0 Å². The number of nitrogens with zero attached hydrogens (tertiary/aromatic N) is 1. The van der Waals surface area contributed by atoms with Gasteiger partial charge in [0.2, 0.25) is 0 Å². The van der Waals surface area contributed by atoms with Crippen LogP contribution in [-0.4, -0.2) is 10.6 Å². The number of aromatic nitrogens is 1. The molecule has 0 aliphatic heterocycles. The third-order valence-corrected chi connectivity index (χ3v) is 4.45. The van der Waals surface area contributed by atoms with Crippen molar-refractivity contribution in [1.82, 2.24) is 9.88 Å². The summed E-state index contributed by atoms with van der Waals surface area (Å²) in [6.45, 7) is 6.22. The molecule has 0 spiro atoms. The van der Waals surface area contributed by atoms with E-state index in [1.54, 1.807) is 11.3 Å². The van der Waals surface area contributed by atoms with Crippen LogP contribution in [0.5, 0.6) is 0 Å². The average Bonchev–Trinajstić information content (AvgIpc) is 2.87. The molecule has 0 atom stereocenters. The van der Waals surface area contributed by atoms with Crippen LogP contribution in [0.15, 0.2) is 34.4 Å². The highest BCUT2D eigenvalue weighted by atomic mass is 79.9. The fourth-order valence-electron chi connectivity index (χ4n) is 1.62. The van der Waals surface area contributed by atoms with Crippen molar-refractivity contribution in [3.63, 3.8) is 0 Å². The third kappa shape index (κ3) is 3.69. The Morgan fingerprint density at radius 2 is 2.24 bits per heavy atom. The lowest BCUT2D eigenvalue weighted by molar-refractivity contribution is 0.588. The Bertz CT molecular complexity index is 473. The Kier molecular flexibility index (Phi) is 4.42. The summed E-state index contributed by atoms with van der Waals surface area (Å²) in [4.78, 5) is 1.36. The molecule has 92 valence electrons. The third-order valence-electron chi connectivity index (χ3n) is 2.54. The van der Waals surface area contributed by atoms with Crippen LogP contribution in [-0.2, 0) is 13.1 Å². The fourth-order valence-corrected chi connectivity index (χ4v) is 3.10. The fraction of sp³-hybridized carbons (Fsp3) is 0.385. The molecule has 2 nitrogen and oxygen atoms in total. The molecule has 2 heterocycles. The van der Waals surface area contributed by atoms with Gasteiger partial charge in [0, 0.05) is 34.3 Å².